The van der Waals surface area contributed by atoms with Crippen molar-refractivity contribution in [2.75, 3.05) is 0 Å². The first kappa shape index (κ1) is 11.6. The number of Topliss-reactive ketones (excluding diaryl/α,β-unsaturated/α-hetero) is 1. The molecule has 15 heavy (non-hydrogen) atoms. The summed E-state index contributed by atoms with van der Waals surface area (Å²) >= 11 is 0. The summed E-state index contributed by atoms with van der Waals surface area (Å²) in [6, 6.07) is 9.23. The highest BCUT2D eigenvalue weighted by Gasteiger charge is 2.21. The quantitative estimate of drug-likeness (QED) is 0.578. The number of benzene rings is 1. The smallest absolute Gasteiger partial charge is 0.171 e. The molecule has 1 aromatic carbocycles. The van der Waals surface area contributed by atoms with E-state index in [1.165, 1.54) is 0 Å². The lowest BCUT2D eigenvalue weighted by atomic mass is 9.90. The Morgan fingerprint density at radius 3 is 2.33 bits per heavy atom. The van der Waals surface area contributed by atoms with E-state index in [-0.39, 0.29) is 11.7 Å². The van der Waals surface area contributed by atoms with Crippen LogP contribution >= 0.6 is 0 Å². The highest BCUT2D eigenvalue weighted by molar-refractivity contribution is 6.11. The molecular formula is C13H17NO. The van der Waals surface area contributed by atoms with Crippen LogP contribution in [0.4, 0.5) is 0 Å². The second kappa shape index (κ2) is 5.44. The second-order valence-corrected chi connectivity index (χ2v) is 3.57. The SMILES string of the molecule is CCC(=N)C(CC)C(=O)c1ccccc1. The zero-order valence-corrected chi connectivity index (χ0v) is 9.29. The fraction of sp³-hybridized carbons (Fsp3) is 0.385. The predicted octanol–water partition coefficient (Wildman–Crippen LogP) is 3.33. The van der Waals surface area contributed by atoms with Gasteiger partial charge in [-0.15, -0.1) is 0 Å². The lowest BCUT2D eigenvalue weighted by molar-refractivity contribution is 0.0951. The highest BCUT2D eigenvalue weighted by Crippen LogP contribution is 2.14. The van der Waals surface area contributed by atoms with Gasteiger partial charge in [0.05, 0.1) is 5.92 Å². The van der Waals surface area contributed by atoms with Crippen LogP contribution in [0.1, 0.15) is 37.0 Å². The fourth-order valence-electron chi connectivity index (χ4n) is 1.64. The summed E-state index contributed by atoms with van der Waals surface area (Å²) in [6.07, 6.45) is 1.36. The van der Waals surface area contributed by atoms with Gasteiger partial charge in [0.25, 0.3) is 0 Å². The van der Waals surface area contributed by atoms with Gasteiger partial charge in [-0.1, -0.05) is 44.2 Å². The van der Waals surface area contributed by atoms with Crippen molar-refractivity contribution in [3.8, 4) is 0 Å². The number of hydrogen-bond donors (Lipinski definition) is 1. The zero-order chi connectivity index (χ0) is 11.3. The Hall–Kier alpha value is -1.44. The van der Waals surface area contributed by atoms with Crippen molar-refractivity contribution in [2.24, 2.45) is 5.92 Å². The molecule has 2 heteroatoms. The summed E-state index contributed by atoms with van der Waals surface area (Å²) in [5.41, 5.74) is 1.24. The molecule has 0 aliphatic carbocycles. The molecule has 0 saturated heterocycles. The van der Waals surface area contributed by atoms with Crippen LogP contribution in [0, 0.1) is 11.3 Å². The minimum absolute atomic E-state index is 0.0740. The van der Waals surface area contributed by atoms with E-state index in [0.717, 1.165) is 0 Å². The summed E-state index contributed by atoms with van der Waals surface area (Å²) in [5, 5.41) is 7.75. The van der Waals surface area contributed by atoms with E-state index in [9.17, 15) is 4.79 Å². The van der Waals surface area contributed by atoms with Crippen LogP contribution in [-0.4, -0.2) is 11.5 Å². The van der Waals surface area contributed by atoms with E-state index >= 15 is 0 Å². The van der Waals surface area contributed by atoms with Crippen LogP contribution in [0.5, 0.6) is 0 Å². The molecule has 0 heterocycles. The second-order valence-electron chi connectivity index (χ2n) is 3.57. The molecule has 0 aliphatic rings. The van der Waals surface area contributed by atoms with Crippen molar-refractivity contribution >= 4 is 11.5 Å². The van der Waals surface area contributed by atoms with Gasteiger partial charge in [-0.2, -0.15) is 0 Å². The van der Waals surface area contributed by atoms with Crippen LogP contribution in [0.2, 0.25) is 0 Å². The topological polar surface area (TPSA) is 40.9 Å². The average molecular weight is 203 g/mol. The molecule has 0 fully saturated rings. The van der Waals surface area contributed by atoms with E-state index in [1.54, 1.807) is 0 Å². The third-order valence-corrected chi connectivity index (χ3v) is 2.58. The van der Waals surface area contributed by atoms with Crippen LogP contribution in [-0.2, 0) is 0 Å². The monoisotopic (exact) mass is 203 g/mol. The average Bonchev–Trinajstić information content (AvgIpc) is 2.30. The molecule has 0 bridgehead atoms. The molecule has 80 valence electrons. The number of carbonyl (C=O) groups is 1. The lowest BCUT2D eigenvalue weighted by Gasteiger charge is -2.13. The number of ketones is 1. The van der Waals surface area contributed by atoms with Crippen LogP contribution in [0.25, 0.3) is 0 Å². The number of nitrogens with one attached hydrogen (secondary N) is 1. The molecule has 0 amide bonds. The van der Waals surface area contributed by atoms with Gasteiger partial charge in [-0.3, -0.25) is 4.79 Å². The Labute approximate surface area is 90.8 Å². The van der Waals surface area contributed by atoms with Crippen LogP contribution < -0.4 is 0 Å². The summed E-state index contributed by atoms with van der Waals surface area (Å²) in [7, 11) is 0. The van der Waals surface area contributed by atoms with Crippen molar-refractivity contribution < 1.29 is 4.79 Å². The molecule has 1 aromatic rings. The van der Waals surface area contributed by atoms with Crippen molar-refractivity contribution in [1.29, 1.82) is 5.41 Å². The van der Waals surface area contributed by atoms with E-state index in [1.807, 2.05) is 44.2 Å². The molecule has 1 atom stereocenters. The maximum atomic E-state index is 12.0. The molecule has 1 unspecified atom stereocenters. The summed E-state index contributed by atoms with van der Waals surface area (Å²) in [4.78, 5) is 12.0. The van der Waals surface area contributed by atoms with Gasteiger partial charge < -0.3 is 5.41 Å². The van der Waals surface area contributed by atoms with Crippen LogP contribution in [0.3, 0.4) is 0 Å². The number of rotatable bonds is 5. The highest BCUT2D eigenvalue weighted by atomic mass is 16.1. The van der Waals surface area contributed by atoms with Gasteiger partial charge >= 0.3 is 0 Å². The van der Waals surface area contributed by atoms with E-state index in [0.29, 0.717) is 24.1 Å². The van der Waals surface area contributed by atoms with Crippen molar-refractivity contribution in [2.45, 2.75) is 26.7 Å². The Bertz CT molecular complexity index is 343. The Morgan fingerprint density at radius 2 is 1.87 bits per heavy atom. The molecule has 1 rings (SSSR count). The first-order chi connectivity index (χ1) is 7.20. The third kappa shape index (κ3) is 2.75. The van der Waals surface area contributed by atoms with E-state index in [2.05, 4.69) is 0 Å². The van der Waals surface area contributed by atoms with Gasteiger partial charge in [-0.25, -0.2) is 0 Å². The molecule has 0 radical (unpaired) electrons. The fourth-order valence-corrected chi connectivity index (χ4v) is 1.64. The van der Waals surface area contributed by atoms with Crippen molar-refractivity contribution in [3.63, 3.8) is 0 Å². The normalized spacial score (nSPS) is 12.1. The maximum Gasteiger partial charge on any atom is 0.171 e. The largest absolute Gasteiger partial charge is 0.309 e. The Kier molecular flexibility index (Phi) is 4.22. The standard InChI is InChI=1S/C13H17NO/c1-3-11(12(14)4-2)13(15)10-8-6-5-7-9-10/h5-9,11,14H,3-4H2,1-2H3. The molecule has 0 saturated carbocycles. The Morgan fingerprint density at radius 1 is 1.27 bits per heavy atom. The van der Waals surface area contributed by atoms with E-state index < -0.39 is 0 Å². The molecule has 1 N–H and O–H groups in total. The molecule has 0 aliphatic heterocycles. The minimum Gasteiger partial charge on any atom is -0.309 e. The zero-order valence-electron chi connectivity index (χ0n) is 9.29. The first-order valence-corrected chi connectivity index (χ1v) is 5.37. The summed E-state index contributed by atoms with van der Waals surface area (Å²) < 4.78 is 0. The molecule has 0 spiro atoms. The lowest BCUT2D eigenvalue weighted by Crippen LogP contribution is -2.22. The summed E-state index contributed by atoms with van der Waals surface area (Å²) in [5.74, 6) is -0.164. The molecular weight excluding hydrogens is 186 g/mol. The van der Waals surface area contributed by atoms with E-state index in [4.69, 9.17) is 5.41 Å². The van der Waals surface area contributed by atoms with Gasteiger partial charge in [0.1, 0.15) is 0 Å². The summed E-state index contributed by atoms with van der Waals surface area (Å²) in [6.45, 7) is 3.87. The number of hydrogen-bond acceptors (Lipinski definition) is 2. The number of carbonyl (C=O) groups excluding carboxylic acids is 1. The van der Waals surface area contributed by atoms with Crippen molar-refractivity contribution in [1.82, 2.24) is 0 Å². The molecule has 2 nitrogen and oxygen atoms in total. The maximum absolute atomic E-state index is 12.0. The van der Waals surface area contributed by atoms with Gasteiger partial charge in [0.2, 0.25) is 0 Å². The van der Waals surface area contributed by atoms with Crippen LogP contribution in [0.15, 0.2) is 30.3 Å². The first-order valence-electron chi connectivity index (χ1n) is 5.37. The Balaban J connectivity index is 2.87. The van der Waals surface area contributed by atoms with Crippen molar-refractivity contribution in [3.05, 3.63) is 35.9 Å². The minimum atomic E-state index is -0.239. The third-order valence-electron chi connectivity index (χ3n) is 2.58. The predicted molar refractivity (Wildman–Crippen MR) is 62.6 cm³/mol. The van der Waals surface area contributed by atoms with Gasteiger partial charge in [0, 0.05) is 11.3 Å². The molecule has 0 aromatic heterocycles. The van der Waals surface area contributed by atoms with Gasteiger partial charge in [-0.05, 0) is 12.8 Å². The van der Waals surface area contributed by atoms with Gasteiger partial charge in [0.15, 0.2) is 5.78 Å².